The Balaban J connectivity index is 1.69. The summed E-state index contributed by atoms with van der Waals surface area (Å²) in [5, 5.41) is 19.3. The summed E-state index contributed by atoms with van der Waals surface area (Å²) >= 11 is 1.35. The molecule has 1 fully saturated rings. The van der Waals surface area contributed by atoms with E-state index in [9.17, 15) is 14.9 Å². The number of rotatable bonds is 4. The van der Waals surface area contributed by atoms with Crippen LogP contribution in [0.3, 0.4) is 0 Å². The molecule has 0 aliphatic carbocycles. The zero-order valence-electron chi connectivity index (χ0n) is 12.3. The van der Waals surface area contributed by atoms with E-state index in [-0.39, 0.29) is 17.6 Å². The minimum atomic E-state index is -0.441. The van der Waals surface area contributed by atoms with Gasteiger partial charge in [0.1, 0.15) is 10.7 Å². The van der Waals surface area contributed by atoms with Crippen molar-refractivity contribution in [3.05, 3.63) is 45.5 Å². The molecule has 0 radical (unpaired) electrons. The third-order valence-electron chi connectivity index (χ3n) is 3.74. The van der Waals surface area contributed by atoms with Crippen molar-refractivity contribution < 1.29 is 9.72 Å². The lowest BCUT2D eigenvalue weighted by atomic mass is 10.1. The fourth-order valence-corrected chi connectivity index (χ4v) is 3.27. The molecule has 1 aromatic carbocycles. The summed E-state index contributed by atoms with van der Waals surface area (Å²) in [5.74, 6) is -0.165. The van der Waals surface area contributed by atoms with Crippen LogP contribution in [0, 0.1) is 10.1 Å². The number of thiazole rings is 1. The summed E-state index contributed by atoms with van der Waals surface area (Å²) in [5.41, 5.74) is 1.19. The van der Waals surface area contributed by atoms with Gasteiger partial charge in [-0.15, -0.1) is 11.3 Å². The smallest absolute Gasteiger partial charge is 0.270 e. The number of nitro benzene ring substituents is 1. The number of nitrogens with one attached hydrogen (secondary N) is 2. The van der Waals surface area contributed by atoms with E-state index in [4.69, 9.17) is 0 Å². The molecule has 1 aliphatic rings. The Hall–Kier alpha value is -2.32. The van der Waals surface area contributed by atoms with Crippen LogP contribution in [0.25, 0.3) is 10.6 Å². The van der Waals surface area contributed by atoms with E-state index in [1.54, 1.807) is 17.5 Å². The van der Waals surface area contributed by atoms with Gasteiger partial charge in [-0.25, -0.2) is 4.98 Å². The molecule has 23 heavy (non-hydrogen) atoms. The molecular weight excluding hydrogens is 316 g/mol. The van der Waals surface area contributed by atoms with Gasteiger partial charge in [-0.2, -0.15) is 0 Å². The van der Waals surface area contributed by atoms with Gasteiger partial charge in [0.05, 0.1) is 4.92 Å². The predicted molar refractivity (Wildman–Crippen MR) is 87.6 cm³/mol. The van der Waals surface area contributed by atoms with Crippen molar-refractivity contribution in [1.29, 1.82) is 0 Å². The van der Waals surface area contributed by atoms with Crippen molar-refractivity contribution in [3.63, 3.8) is 0 Å². The first kappa shape index (κ1) is 15.6. The van der Waals surface area contributed by atoms with E-state index in [0.717, 1.165) is 31.5 Å². The highest BCUT2D eigenvalue weighted by molar-refractivity contribution is 7.13. The zero-order valence-corrected chi connectivity index (χ0v) is 13.1. The zero-order chi connectivity index (χ0) is 16.2. The molecule has 1 saturated heterocycles. The third-order valence-corrected chi connectivity index (χ3v) is 4.63. The fraction of sp³-hybridized carbons (Fsp3) is 0.333. The van der Waals surface area contributed by atoms with Crippen LogP contribution >= 0.6 is 11.3 Å². The molecule has 2 N–H and O–H groups in total. The SMILES string of the molecule is O=C(NC1CCNCC1)c1csc(-c2ccc([N+](=O)[O-])cc2)n1. The molecule has 1 aliphatic heterocycles. The van der Waals surface area contributed by atoms with Gasteiger partial charge in [-0.1, -0.05) is 0 Å². The number of aromatic nitrogens is 1. The van der Waals surface area contributed by atoms with Gasteiger partial charge in [0.2, 0.25) is 0 Å². The predicted octanol–water partition coefficient (Wildman–Crippen LogP) is 2.20. The molecule has 0 bridgehead atoms. The fourth-order valence-electron chi connectivity index (χ4n) is 2.46. The van der Waals surface area contributed by atoms with Crippen molar-refractivity contribution in [2.45, 2.75) is 18.9 Å². The summed E-state index contributed by atoms with van der Waals surface area (Å²) in [6.07, 6.45) is 1.84. The number of carbonyl (C=O) groups is 1. The molecule has 0 spiro atoms. The number of nitro groups is 1. The normalized spacial score (nSPS) is 15.3. The molecule has 8 heteroatoms. The Morgan fingerprint density at radius 3 is 2.65 bits per heavy atom. The Morgan fingerprint density at radius 2 is 2.00 bits per heavy atom. The van der Waals surface area contributed by atoms with Gasteiger partial charge in [0, 0.05) is 29.1 Å². The molecule has 0 atom stereocenters. The number of hydrogen-bond acceptors (Lipinski definition) is 6. The Labute approximate surface area is 136 Å². The van der Waals surface area contributed by atoms with Crippen molar-refractivity contribution in [1.82, 2.24) is 15.6 Å². The molecule has 0 unspecified atom stereocenters. The highest BCUT2D eigenvalue weighted by Crippen LogP contribution is 2.25. The lowest BCUT2D eigenvalue weighted by Gasteiger charge is -2.23. The lowest BCUT2D eigenvalue weighted by molar-refractivity contribution is -0.384. The van der Waals surface area contributed by atoms with Crippen molar-refractivity contribution >= 4 is 22.9 Å². The molecule has 1 aromatic heterocycles. The summed E-state index contributed by atoms with van der Waals surface area (Å²) < 4.78 is 0. The van der Waals surface area contributed by atoms with Gasteiger partial charge in [0.25, 0.3) is 11.6 Å². The van der Waals surface area contributed by atoms with Gasteiger partial charge >= 0.3 is 0 Å². The van der Waals surface area contributed by atoms with Crippen LogP contribution in [0.2, 0.25) is 0 Å². The largest absolute Gasteiger partial charge is 0.348 e. The van der Waals surface area contributed by atoms with Gasteiger partial charge in [0.15, 0.2) is 0 Å². The third kappa shape index (κ3) is 3.72. The first-order valence-corrected chi connectivity index (χ1v) is 8.23. The van der Waals surface area contributed by atoms with Crippen LogP contribution in [-0.4, -0.2) is 34.9 Å². The highest BCUT2D eigenvalue weighted by atomic mass is 32.1. The number of nitrogens with zero attached hydrogens (tertiary/aromatic N) is 2. The van der Waals surface area contributed by atoms with E-state index in [0.29, 0.717) is 10.7 Å². The van der Waals surface area contributed by atoms with E-state index in [1.165, 1.54) is 23.5 Å². The maximum Gasteiger partial charge on any atom is 0.270 e. The first-order valence-electron chi connectivity index (χ1n) is 7.35. The first-order chi connectivity index (χ1) is 11.1. The summed E-state index contributed by atoms with van der Waals surface area (Å²) in [6, 6.07) is 6.35. The van der Waals surface area contributed by atoms with Crippen LogP contribution < -0.4 is 10.6 Å². The Morgan fingerprint density at radius 1 is 1.30 bits per heavy atom. The standard InChI is InChI=1S/C15H16N4O3S/c20-14(17-11-5-7-16-8-6-11)13-9-23-15(18-13)10-1-3-12(4-2-10)19(21)22/h1-4,9,11,16H,5-8H2,(H,17,20). The Bertz CT molecular complexity index is 708. The van der Waals surface area contributed by atoms with Crippen LogP contribution in [0.1, 0.15) is 23.3 Å². The number of piperidine rings is 1. The molecule has 3 rings (SSSR count). The van der Waals surface area contributed by atoms with E-state index < -0.39 is 4.92 Å². The average molecular weight is 332 g/mol. The number of amides is 1. The van der Waals surface area contributed by atoms with Crippen molar-refractivity contribution in [3.8, 4) is 10.6 Å². The van der Waals surface area contributed by atoms with E-state index in [2.05, 4.69) is 15.6 Å². The summed E-state index contributed by atoms with van der Waals surface area (Å²) in [4.78, 5) is 26.8. The Kier molecular flexibility index (Phi) is 4.63. The van der Waals surface area contributed by atoms with Crippen molar-refractivity contribution in [2.24, 2.45) is 0 Å². The monoisotopic (exact) mass is 332 g/mol. The maximum absolute atomic E-state index is 12.2. The number of benzene rings is 1. The summed E-state index contributed by atoms with van der Waals surface area (Å²) in [7, 11) is 0. The lowest BCUT2D eigenvalue weighted by Crippen LogP contribution is -2.42. The molecular formula is C15H16N4O3S. The summed E-state index contributed by atoms with van der Waals surface area (Å²) in [6.45, 7) is 1.83. The molecule has 7 nitrogen and oxygen atoms in total. The second-order valence-corrected chi connectivity index (χ2v) is 6.20. The van der Waals surface area contributed by atoms with Crippen LogP contribution in [-0.2, 0) is 0 Å². The van der Waals surface area contributed by atoms with Crippen molar-refractivity contribution in [2.75, 3.05) is 13.1 Å². The van der Waals surface area contributed by atoms with Gasteiger partial charge in [-0.05, 0) is 38.1 Å². The number of carbonyl (C=O) groups excluding carboxylic acids is 1. The highest BCUT2D eigenvalue weighted by Gasteiger charge is 2.18. The van der Waals surface area contributed by atoms with Crippen LogP contribution in [0.4, 0.5) is 5.69 Å². The molecule has 1 amide bonds. The van der Waals surface area contributed by atoms with E-state index >= 15 is 0 Å². The maximum atomic E-state index is 12.2. The van der Waals surface area contributed by atoms with Crippen LogP contribution in [0.5, 0.6) is 0 Å². The molecule has 120 valence electrons. The van der Waals surface area contributed by atoms with E-state index in [1.807, 2.05) is 0 Å². The van der Waals surface area contributed by atoms with Gasteiger partial charge in [-0.3, -0.25) is 14.9 Å². The number of non-ortho nitro benzene ring substituents is 1. The molecule has 2 heterocycles. The number of hydrogen-bond donors (Lipinski definition) is 2. The topological polar surface area (TPSA) is 97.2 Å². The minimum absolute atomic E-state index is 0.0363. The quantitative estimate of drug-likeness (QED) is 0.661. The minimum Gasteiger partial charge on any atom is -0.348 e. The molecule has 2 aromatic rings. The molecule has 0 saturated carbocycles. The second-order valence-electron chi connectivity index (χ2n) is 5.34. The second kappa shape index (κ2) is 6.84. The van der Waals surface area contributed by atoms with Crippen LogP contribution in [0.15, 0.2) is 29.6 Å². The van der Waals surface area contributed by atoms with Gasteiger partial charge < -0.3 is 10.6 Å². The average Bonchev–Trinajstić information content (AvgIpc) is 3.06.